The molecular formula is C12H18O2. The van der Waals surface area contributed by atoms with Gasteiger partial charge in [-0.2, -0.15) is 0 Å². The zero-order chi connectivity index (χ0) is 9.97. The van der Waals surface area contributed by atoms with Crippen molar-refractivity contribution in [2.24, 2.45) is 5.92 Å². The molecule has 14 heavy (non-hydrogen) atoms. The number of rotatable bonds is 2. The minimum absolute atomic E-state index is 0.177. The molecule has 2 aliphatic rings. The molecule has 78 valence electrons. The minimum Gasteiger partial charge on any atom is -0.388 e. The Hall–Kier alpha value is -0.630. The first-order chi connectivity index (χ1) is 6.79. The van der Waals surface area contributed by atoms with Gasteiger partial charge in [-0.1, -0.05) is 18.9 Å². The summed E-state index contributed by atoms with van der Waals surface area (Å²) in [6.07, 6.45) is 8.64. The Balaban J connectivity index is 2.05. The fourth-order valence-electron chi connectivity index (χ4n) is 2.59. The summed E-state index contributed by atoms with van der Waals surface area (Å²) in [5, 5.41) is 10.1. The number of hydrogen-bond acceptors (Lipinski definition) is 2. The largest absolute Gasteiger partial charge is 0.388 e. The number of hydrogen-bond donors (Lipinski definition) is 1. The molecular weight excluding hydrogens is 176 g/mol. The Morgan fingerprint density at radius 2 is 2.00 bits per heavy atom. The summed E-state index contributed by atoms with van der Waals surface area (Å²) in [7, 11) is 0. The van der Waals surface area contributed by atoms with Gasteiger partial charge in [0.15, 0.2) is 5.78 Å². The van der Waals surface area contributed by atoms with Crippen LogP contribution in [0.25, 0.3) is 0 Å². The van der Waals surface area contributed by atoms with Crippen LogP contribution in [-0.2, 0) is 4.79 Å². The van der Waals surface area contributed by atoms with Crippen molar-refractivity contribution in [3.8, 4) is 0 Å². The maximum absolute atomic E-state index is 11.6. The summed E-state index contributed by atoms with van der Waals surface area (Å²) in [5.74, 6) is 0.527. The van der Waals surface area contributed by atoms with E-state index in [1.165, 1.54) is 12.8 Å². The van der Waals surface area contributed by atoms with Crippen LogP contribution in [0.3, 0.4) is 0 Å². The van der Waals surface area contributed by atoms with Crippen LogP contribution in [0.1, 0.15) is 44.9 Å². The van der Waals surface area contributed by atoms with Crippen LogP contribution >= 0.6 is 0 Å². The van der Waals surface area contributed by atoms with Crippen molar-refractivity contribution in [1.29, 1.82) is 0 Å². The summed E-state index contributed by atoms with van der Waals surface area (Å²) in [6, 6.07) is 0. The molecule has 0 amide bonds. The van der Waals surface area contributed by atoms with E-state index in [-0.39, 0.29) is 5.78 Å². The molecule has 0 aromatic rings. The fourth-order valence-corrected chi connectivity index (χ4v) is 2.59. The fraction of sp³-hybridized carbons (Fsp3) is 0.750. The zero-order valence-electron chi connectivity index (χ0n) is 8.54. The van der Waals surface area contributed by atoms with Crippen LogP contribution in [0.2, 0.25) is 0 Å². The molecule has 0 saturated heterocycles. The summed E-state index contributed by atoms with van der Waals surface area (Å²) in [4.78, 5) is 11.6. The molecule has 1 atom stereocenters. The molecule has 0 aliphatic heterocycles. The van der Waals surface area contributed by atoms with Gasteiger partial charge in [-0.05, 0) is 31.6 Å². The molecule has 1 fully saturated rings. The lowest BCUT2D eigenvalue weighted by atomic mass is 9.87. The molecule has 0 radical (unpaired) electrons. The average molecular weight is 194 g/mol. The molecule has 0 aromatic heterocycles. The average Bonchev–Trinajstić information content (AvgIpc) is 2.70. The van der Waals surface area contributed by atoms with E-state index < -0.39 is 6.10 Å². The van der Waals surface area contributed by atoms with Crippen LogP contribution < -0.4 is 0 Å². The van der Waals surface area contributed by atoms with Gasteiger partial charge in [0.25, 0.3) is 0 Å². The SMILES string of the molecule is O=C1CCCC=C1C(O)C1CCCC1. The molecule has 0 heterocycles. The molecule has 2 rings (SSSR count). The highest BCUT2D eigenvalue weighted by molar-refractivity contribution is 5.96. The highest BCUT2D eigenvalue weighted by Crippen LogP contribution is 2.32. The van der Waals surface area contributed by atoms with Crippen molar-refractivity contribution in [2.75, 3.05) is 0 Å². The van der Waals surface area contributed by atoms with Crippen LogP contribution in [0.4, 0.5) is 0 Å². The van der Waals surface area contributed by atoms with E-state index in [1.807, 2.05) is 6.08 Å². The number of aliphatic hydroxyl groups excluding tert-OH is 1. The van der Waals surface area contributed by atoms with Gasteiger partial charge in [-0.3, -0.25) is 4.79 Å². The van der Waals surface area contributed by atoms with E-state index in [1.54, 1.807) is 0 Å². The molecule has 0 bridgehead atoms. The lowest BCUT2D eigenvalue weighted by Crippen LogP contribution is -2.26. The van der Waals surface area contributed by atoms with Crippen molar-refractivity contribution in [3.63, 3.8) is 0 Å². The number of ketones is 1. The van der Waals surface area contributed by atoms with E-state index in [0.29, 0.717) is 17.9 Å². The van der Waals surface area contributed by atoms with Gasteiger partial charge in [-0.25, -0.2) is 0 Å². The Labute approximate surface area is 85.0 Å². The number of carbonyl (C=O) groups is 1. The van der Waals surface area contributed by atoms with E-state index in [9.17, 15) is 9.90 Å². The Bertz CT molecular complexity index is 249. The lowest BCUT2D eigenvalue weighted by molar-refractivity contribution is -0.117. The second-order valence-electron chi connectivity index (χ2n) is 4.46. The normalized spacial score (nSPS) is 26.4. The van der Waals surface area contributed by atoms with Crippen molar-refractivity contribution in [1.82, 2.24) is 0 Å². The second-order valence-corrected chi connectivity index (χ2v) is 4.46. The van der Waals surface area contributed by atoms with Gasteiger partial charge in [0.2, 0.25) is 0 Å². The van der Waals surface area contributed by atoms with Crippen molar-refractivity contribution in [2.45, 2.75) is 51.0 Å². The van der Waals surface area contributed by atoms with E-state index >= 15 is 0 Å². The van der Waals surface area contributed by atoms with Crippen molar-refractivity contribution >= 4 is 5.78 Å². The number of aliphatic hydroxyl groups is 1. The molecule has 1 unspecified atom stereocenters. The van der Waals surface area contributed by atoms with Gasteiger partial charge < -0.3 is 5.11 Å². The number of carbonyl (C=O) groups excluding carboxylic acids is 1. The summed E-state index contributed by atoms with van der Waals surface area (Å²) >= 11 is 0. The standard InChI is InChI=1S/C12H18O2/c13-11-8-4-3-7-10(11)12(14)9-5-1-2-6-9/h7,9,12,14H,1-6,8H2. The van der Waals surface area contributed by atoms with E-state index in [4.69, 9.17) is 0 Å². The van der Waals surface area contributed by atoms with Crippen molar-refractivity contribution < 1.29 is 9.90 Å². The topological polar surface area (TPSA) is 37.3 Å². The zero-order valence-corrected chi connectivity index (χ0v) is 8.54. The predicted octanol–water partition coefficient (Wildman–Crippen LogP) is 2.22. The third-order valence-electron chi connectivity index (χ3n) is 3.46. The van der Waals surface area contributed by atoms with Crippen LogP contribution in [0, 0.1) is 5.92 Å². The maximum atomic E-state index is 11.6. The van der Waals surface area contributed by atoms with Gasteiger partial charge in [-0.15, -0.1) is 0 Å². The highest BCUT2D eigenvalue weighted by Gasteiger charge is 2.29. The molecule has 2 heteroatoms. The Morgan fingerprint density at radius 3 is 2.64 bits per heavy atom. The third-order valence-corrected chi connectivity index (χ3v) is 3.46. The molecule has 2 nitrogen and oxygen atoms in total. The predicted molar refractivity (Wildman–Crippen MR) is 54.9 cm³/mol. The summed E-state index contributed by atoms with van der Waals surface area (Å²) in [5.41, 5.74) is 0.711. The first-order valence-corrected chi connectivity index (χ1v) is 5.70. The first-order valence-electron chi connectivity index (χ1n) is 5.70. The lowest BCUT2D eigenvalue weighted by Gasteiger charge is -2.22. The Morgan fingerprint density at radius 1 is 1.29 bits per heavy atom. The molecule has 0 spiro atoms. The minimum atomic E-state index is -0.467. The summed E-state index contributed by atoms with van der Waals surface area (Å²) < 4.78 is 0. The summed E-state index contributed by atoms with van der Waals surface area (Å²) in [6.45, 7) is 0. The third kappa shape index (κ3) is 1.90. The second kappa shape index (κ2) is 4.26. The van der Waals surface area contributed by atoms with E-state index in [2.05, 4.69) is 0 Å². The van der Waals surface area contributed by atoms with Gasteiger partial charge >= 0.3 is 0 Å². The molecule has 2 aliphatic carbocycles. The highest BCUT2D eigenvalue weighted by atomic mass is 16.3. The van der Waals surface area contributed by atoms with Crippen LogP contribution in [0.5, 0.6) is 0 Å². The first kappa shape index (κ1) is 9.91. The molecule has 1 N–H and O–H groups in total. The smallest absolute Gasteiger partial charge is 0.161 e. The molecule has 0 aromatic carbocycles. The maximum Gasteiger partial charge on any atom is 0.161 e. The van der Waals surface area contributed by atoms with Gasteiger partial charge in [0, 0.05) is 12.0 Å². The number of allylic oxidation sites excluding steroid dienone is 1. The van der Waals surface area contributed by atoms with E-state index in [0.717, 1.165) is 25.7 Å². The van der Waals surface area contributed by atoms with Gasteiger partial charge in [0.1, 0.15) is 0 Å². The van der Waals surface area contributed by atoms with Crippen molar-refractivity contribution in [3.05, 3.63) is 11.6 Å². The Kier molecular flexibility index (Phi) is 3.02. The monoisotopic (exact) mass is 194 g/mol. The van der Waals surface area contributed by atoms with Crippen LogP contribution in [0.15, 0.2) is 11.6 Å². The van der Waals surface area contributed by atoms with Crippen LogP contribution in [-0.4, -0.2) is 17.0 Å². The molecule has 1 saturated carbocycles. The quantitative estimate of drug-likeness (QED) is 0.731. The van der Waals surface area contributed by atoms with Gasteiger partial charge in [0.05, 0.1) is 6.10 Å². The number of Topliss-reactive ketones (excluding diaryl/α,β-unsaturated/α-hetero) is 1.